The van der Waals surface area contributed by atoms with E-state index in [1.54, 1.807) is 25.4 Å². The lowest BCUT2D eigenvalue weighted by atomic mass is 10.3. The minimum atomic E-state index is 0.0719. The maximum atomic E-state index is 11.8. The van der Waals surface area contributed by atoms with Crippen LogP contribution in [0.4, 0.5) is 0 Å². The van der Waals surface area contributed by atoms with Gasteiger partial charge < -0.3 is 15.2 Å². The minimum Gasteiger partial charge on any atom is -0.356 e. The molecular weight excluding hydrogens is 316 g/mol. The molecule has 0 saturated heterocycles. The zero-order chi connectivity index (χ0) is 17.9. The summed E-state index contributed by atoms with van der Waals surface area (Å²) >= 11 is 0. The summed E-state index contributed by atoms with van der Waals surface area (Å²) in [5.74, 6) is 0.813. The molecule has 136 valence electrons. The Balaban J connectivity index is 1.58. The van der Waals surface area contributed by atoms with Gasteiger partial charge in [0.2, 0.25) is 0 Å². The molecular formula is C18H28N6O. The lowest BCUT2D eigenvalue weighted by Crippen LogP contribution is -2.38. The molecule has 0 aliphatic heterocycles. The smallest absolute Gasteiger partial charge is 0.250 e. The van der Waals surface area contributed by atoms with Crippen molar-refractivity contribution >= 4 is 5.96 Å². The minimum absolute atomic E-state index is 0.0719. The molecule has 2 rings (SSSR count). The van der Waals surface area contributed by atoms with Gasteiger partial charge in [-0.15, -0.1) is 0 Å². The number of guanidine groups is 1. The fraction of sp³-hybridized carbons (Fsp3) is 0.500. The van der Waals surface area contributed by atoms with E-state index in [0.717, 1.165) is 57.1 Å². The van der Waals surface area contributed by atoms with Crippen molar-refractivity contribution in [3.05, 3.63) is 52.7 Å². The number of nitrogens with zero attached hydrogens (tertiary/aromatic N) is 4. The summed E-state index contributed by atoms with van der Waals surface area (Å²) in [5, 5.41) is 10.8. The maximum Gasteiger partial charge on any atom is 0.250 e. The highest BCUT2D eigenvalue weighted by Crippen LogP contribution is 1.97. The number of rotatable bonds is 9. The van der Waals surface area contributed by atoms with Crippen molar-refractivity contribution < 1.29 is 0 Å². The summed E-state index contributed by atoms with van der Waals surface area (Å²) in [7, 11) is 1.77. The fourth-order valence-corrected chi connectivity index (χ4v) is 2.61. The van der Waals surface area contributed by atoms with Gasteiger partial charge in [-0.05, 0) is 38.3 Å². The number of hydrogen-bond acceptors (Lipinski definition) is 3. The van der Waals surface area contributed by atoms with Crippen molar-refractivity contribution in [1.82, 2.24) is 25.0 Å². The predicted octanol–water partition coefficient (Wildman–Crippen LogP) is 1.39. The number of hydrogen-bond donors (Lipinski definition) is 2. The lowest BCUT2D eigenvalue weighted by molar-refractivity contribution is 0.563. The van der Waals surface area contributed by atoms with E-state index in [1.165, 1.54) is 0 Å². The van der Waals surface area contributed by atoms with E-state index in [4.69, 9.17) is 0 Å². The van der Waals surface area contributed by atoms with Crippen LogP contribution in [0.25, 0.3) is 0 Å². The van der Waals surface area contributed by atoms with E-state index in [1.807, 2.05) is 34.5 Å². The first-order valence-electron chi connectivity index (χ1n) is 8.79. The second-order valence-corrected chi connectivity index (χ2v) is 5.91. The maximum absolute atomic E-state index is 11.8. The molecule has 0 bridgehead atoms. The zero-order valence-electron chi connectivity index (χ0n) is 15.1. The zero-order valence-corrected chi connectivity index (χ0v) is 15.1. The first-order chi connectivity index (χ1) is 12.2. The number of aromatic nitrogens is 3. The van der Waals surface area contributed by atoms with Crippen molar-refractivity contribution in [2.24, 2.45) is 4.99 Å². The topological polar surface area (TPSA) is 76.2 Å². The van der Waals surface area contributed by atoms with Crippen LogP contribution in [0, 0.1) is 6.92 Å². The summed E-state index contributed by atoms with van der Waals surface area (Å²) in [5.41, 5.74) is 1.08. The van der Waals surface area contributed by atoms with Crippen LogP contribution in [-0.4, -0.2) is 40.4 Å². The van der Waals surface area contributed by atoms with Gasteiger partial charge in [0, 0.05) is 57.4 Å². The monoisotopic (exact) mass is 344 g/mol. The number of aliphatic imine (C=N–C) groups is 1. The van der Waals surface area contributed by atoms with Gasteiger partial charge in [-0.1, -0.05) is 6.07 Å². The van der Waals surface area contributed by atoms with Crippen LogP contribution in [0.5, 0.6) is 0 Å². The molecule has 2 aromatic heterocycles. The lowest BCUT2D eigenvalue weighted by Gasteiger charge is -2.12. The van der Waals surface area contributed by atoms with Gasteiger partial charge in [-0.25, -0.2) is 0 Å². The Kier molecular flexibility index (Phi) is 7.75. The highest BCUT2D eigenvalue weighted by atomic mass is 16.1. The molecule has 0 aliphatic carbocycles. The average molecular weight is 344 g/mol. The summed E-state index contributed by atoms with van der Waals surface area (Å²) in [4.78, 5) is 16.0. The Morgan fingerprint density at radius 3 is 2.60 bits per heavy atom. The van der Waals surface area contributed by atoms with Crippen molar-refractivity contribution in [3.8, 4) is 0 Å². The van der Waals surface area contributed by atoms with Crippen molar-refractivity contribution in [2.75, 3.05) is 20.1 Å². The molecule has 0 radical (unpaired) electrons. The number of unbranched alkanes of at least 4 members (excludes halogenated alkanes) is 1. The molecule has 2 N–H and O–H groups in total. The van der Waals surface area contributed by atoms with Crippen molar-refractivity contribution in [3.63, 3.8) is 0 Å². The number of nitrogens with one attached hydrogen (secondary N) is 2. The molecule has 0 saturated carbocycles. The number of aryl methyl sites for hydroxylation is 2. The molecule has 0 unspecified atom stereocenters. The Morgan fingerprint density at radius 1 is 1.12 bits per heavy atom. The second kappa shape index (κ2) is 10.3. The van der Waals surface area contributed by atoms with Crippen LogP contribution in [0.15, 0.2) is 46.4 Å². The standard InChI is InChI=1S/C18H28N6O/c1-16-8-5-9-17(25)24(16)15-4-3-10-20-18(19-2)21-11-6-13-23-14-7-12-22-23/h5,7-9,12,14H,3-4,6,10-11,13,15H2,1-2H3,(H2,19,20,21). The molecule has 7 nitrogen and oxygen atoms in total. The summed E-state index contributed by atoms with van der Waals surface area (Å²) in [6.07, 6.45) is 6.67. The van der Waals surface area contributed by atoms with Crippen LogP contribution in [0.2, 0.25) is 0 Å². The molecule has 0 amide bonds. The Morgan fingerprint density at radius 2 is 1.92 bits per heavy atom. The van der Waals surface area contributed by atoms with E-state index < -0.39 is 0 Å². The third-order valence-corrected chi connectivity index (χ3v) is 4.01. The highest BCUT2D eigenvalue weighted by Gasteiger charge is 2.00. The highest BCUT2D eigenvalue weighted by molar-refractivity contribution is 5.79. The van der Waals surface area contributed by atoms with Gasteiger partial charge in [0.25, 0.3) is 5.56 Å². The van der Waals surface area contributed by atoms with Crippen LogP contribution in [0.3, 0.4) is 0 Å². The average Bonchev–Trinajstić information content (AvgIpc) is 3.12. The molecule has 25 heavy (non-hydrogen) atoms. The van der Waals surface area contributed by atoms with Gasteiger partial charge in [-0.2, -0.15) is 5.10 Å². The molecule has 0 aliphatic rings. The van der Waals surface area contributed by atoms with Crippen molar-refractivity contribution in [2.45, 2.75) is 39.3 Å². The number of pyridine rings is 1. The molecule has 0 spiro atoms. The molecule has 0 atom stereocenters. The summed E-state index contributed by atoms with van der Waals surface area (Å²) < 4.78 is 3.74. The molecule has 2 heterocycles. The SMILES string of the molecule is CN=C(NCCCCn1c(C)cccc1=O)NCCCn1cccn1. The third-order valence-electron chi connectivity index (χ3n) is 4.01. The van der Waals surface area contributed by atoms with Crippen LogP contribution in [0.1, 0.15) is 25.0 Å². The van der Waals surface area contributed by atoms with Gasteiger partial charge in [-0.3, -0.25) is 14.5 Å². The van der Waals surface area contributed by atoms with Crippen LogP contribution < -0.4 is 16.2 Å². The quantitative estimate of drug-likeness (QED) is 0.409. The largest absolute Gasteiger partial charge is 0.356 e. The first kappa shape index (κ1) is 18.8. The summed E-state index contributed by atoms with van der Waals surface area (Å²) in [6.45, 7) is 5.29. The van der Waals surface area contributed by atoms with E-state index in [2.05, 4.69) is 20.7 Å². The second-order valence-electron chi connectivity index (χ2n) is 5.91. The summed E-state index contributed by atoms with van der Waals surface area (Å²) in [6, 6.07) is 7.31. The normalized spacial score (nSPS) is 11.5. The fourth-order valence-electron chi connectivity index (χ4n) is 2.61. The predicted molar refractivity (Wildman–Crippen MR) is 101 cm³/mol. The van der Waals surface area contributed by atoms with E-state index in [9.17, 15) is 4.79 Å². The van der Waals surface area contributed by atoms with Gasteiger partial charge in [0.15, 0.2) is 5.96 Å². The molecule has 0 aromatic carbocycles. The molecule has 2 aromatic rings. The molecule has 7 heteroatoms. The van der Waals surface area contributed by atoms with Crippen molar-refractivity contribution in [1.29, 1.82) is 0 Å². The van der Waals surface area contributed by atoms with E-state index >= 15 is 0 Å². The van der Waals surface area contributed by atoms with Gasteiger partial charge in [0.1, 0.15) is 0 Å². The van der Waals surface area contributed by atoms with Crippen LogP contribution >= 0.6 is 0 Å². The van der Waals surface area contributed by atoms with E-state index in [0.29, 0.717) is 0 Å². The molecule has 0 fully saturated rings. The van der Waals surface area contributed by atoms with Gasteiger partial charge >= 0.3 is 0 Å². The van der Waals surface area contributed by atoms with Gasteiger partial charge in [0.05, 0.1) is 0 Å². The Labute approximate surface area is 148 Å². The Hall–Kier alpha value is -2.57. The Bertz CT molecular complexity index is 705. The third kappa shape index (κ3) is 6.45. The first-order valence-corrected chi connectivity index (χ1v) is 8.79. The van der Waals surface area contributed by atoms with E-state index in [-0.39, 0.29) is 5.56 Å². The van der Waals surface area contributed by atoms with Crippen LogP contribution in [-0.2, 0) is 13.1 Å².